The molecule has 2 N–H and O–H groups in total. The lowest BCUT2D eigenvalue weighted by atomic mass is 9.88. The van der Waals surface area contributed by atoms with Gasteiger partial charge in [-0.15, -0.1) is 0 Å². The third kappa shape index (κ3) is 4.53. The van der Waals surface area contributed by atoms with E-state index < -0.39 is 0 Å². The first-order chi connectivity index (χ1) is 14.1. The van der Waals surface area contributed by atoms with Crippen molar-refractivity contribution >= 4 is 29.1 Å². The van der Waals surface area contributed by atoms with Crippen LogP contribution in [-0.4, -0.2) is 31.3 Å². The number of nitrogens with one attached hydrogen (secondary N) is 2. The Morgan fingerprint density at radius 2 is 1.90 bits per heavy atom. The number of hydrazone groups is 1. The van der Waals surface area contributed by atoms with Crippen LogP contribution >= 0.6 is 0 Å². The van der Waals surface area contributed by atoms with Crippen LogP contribution in [0.2, 0.25) is 0 Å². The summed E-state index contributed by atoms with van der Waals surface area (Å²) in [4.78, 5) is 14.1. The van der Waals surface area contributed by atoms with Gasteiger partial charge in [-0.25, -0.2) is 9.82 Å². The number of nitrogens with zero attached hydrogens (tertiary/aromatic N) is 2. The maximum atomic E-state index is 14.6. The smallest absolute Gasteiger partial charge is 0.259 e. The molecule has 0 saturated carbocycles. The standard InChI is InChI=1S/C24H29FN4O/c1-15-7-8-19(9-16(15)2)26-14-23(30)28-27-13-18-10-20-17(3)12-24(4,5)29(6)22(20)11-21(18)25/h7-13,26H,14H2,1-6H3,(H,28,30)/b27-13-. The lowest BCUT2D eigenvalue weighted by Gasteiger charge is -2.40. The summed E-state index contributed by atoms with van der Waals surface area (Å²) in [5.74, 6) is -0.683. The molecule has 0 radical (unpaired) electrons. The summed E-state index contributed by atoms with van der Waals surface area (Å²) in [5.41, 5.74) is 8.70. The maximum absolute atomic E-state index is 14.6. The molecule has 1 heterocycles. The van der Waals surface area contributed by atoms with E-state index in [-0.39, 0.29) is 23.8 Å². The number of amides is 1. The Hall–Kier alpha value is -3.15. The second-order valence-corrected chi connectivity index (χ2v) is 8.38. The van der Waals surface area contributed by atoms with E-state index in [0.29, 0.717) is 5.56 Å². The Kier molecular flexibility index (Phi) is 5.97. The van der Waals surface area contributed by atoms with Gasteiger partial charge < -0.3 is 10.2 Å². The van der Waals surface area contributed by atoms with Crippen LogP contribution < -0.4 is 15.6 Å². The predicted molar refractivity (Wildman–Crippen MR) is 123 cm³/mol. The largest absolute Gasteiger partial charge is 0.376 e. The summed E-state index contributed by atoms with van der Waals surface area (Å²) >= 11 is 0. The van der Waals surface area contributed by atoms with E-state index in [9.17, 15) is 9.18 Å². The summed E-state index contributed by atoms with van der Waals surface area (Å²) in [6.45, 7) is 10.3. The molecule has 0 unspecified atom stereocenters. The molecule has 158 valence electrons. The zero-order valence-electron chi connectivity index (χ0n) is 18.4. The third-order valence-electron chi connectivity index (χ3n) is 5.69. The van der Waals surface area contributed by atoms with Crippen LogP contribution in [0.15, 0.2) is 41.5 Å². The first kappa shape index (κ1) is 21.6. The summed E-state index contributed by atoms with van der Waals surface area (Å²) in [7, 11) is 1.96. The van der Waals surface area contributed by atoms with E-state index in [1.165, 1.54) is 17.8 Å². The van der Waals surface area contributed by atoms with E-state index in [1.54, 1.807) is 6.07 Å². The number of benzene rings is 2. The molecule has 1 amide bonds. The van der Waals surface area contributed by atoms with Gasteiger partial charge in [-0.05, 0) is 75.6 Å². The Morgan fingerprint density at radius 3 is 2.60 bits per heavy atom. The number of carbonyl (C=O) groups excluding carboxylic acids is 1. The first-order valence-electron chi connectivity index (χ1n) is 9.99. The van der Waals surface area contributed by atoms with Crippen LogP contribution in [0.25, 0.3) is 5.57 Å². The minimum absolute atomic E-state index is 0.0776. The van der Waals surface area contributed by atoms with Crippen LogP contribution in [0, 0.1) is 19.7 Å². The van der Waals surface area contributed by atoms with Crippen LogP contribution in [0.5, 0.6) is 0 Å². The van der Waals surface area contributed by atoms with Gasteiger partial charge in [0.2, 0.25) is 0 Å². The minimum Gasteiger partial charge on any atom is -0.376 e. The van der Waals surface area contributed by atoms with Crippen LogP contribution in [-0.2, 0) is 4.79 Å². The lowest BCUT2D eigenvalue weighted by Crippen LogP contribution is -2.42. The van der Waals surface area contributed by atoms with E-state index in [2.05, 4.69) is 40.7 Å². The highest BCUT2D eigenvalue weighted by molar-refractivity contribution is 5.89. The number of aryl methyl sites for hydroxylation is 2. The molecule has 30 heavy (non-hydrogen) atoms. The fourth-order valence-corrected chi connectivity index (χ4v) is 3.53. The number of allylic oxidation sites excluding steroid dienone is 1. The second kappa shape index (κ2) is 8.30. The molecule has 2 aromatic carbocycles. The molecule has 2 aromatic rings. The average molecular weight is 409 g/mol. The SMILES string of the molecule is CC1=CC(C)(C)N(C)c2cc(F)c(/C=N\NC(=O)CNc3ccc(C)c(C)c3)cc21. The second-order valence-electron chi connectivity index (χ2n) is 8.38. The molecule has 0 saturated heterocycles. The molecule has 0 bridgehead atoms. The van der Waals surface area contributed by atoms with Crippen molar-refractivity contribution < 1.29 is 9.18 Å². The average Bonchev–Trinajstić information content (AvgIpc) is 2.67. The quantitative estimate of drug-likeness (QED) is 0.560. The number of fused-ring (bicyclic) bond motifs is 1. The van der Waals surface area contributed by atoms with Crippen LogP contribution in [0.4, 0.5) is 15.8 Å². The summed E-state index contributed by atoms with van der Waals surface area (Å²) in [6, 6.07) is 9.21. The molecule has 1 aliphatic heterocycles. The van der Waals surface area contributed by atoms with Gasteiger partial charge in [0.1, 0.15) is 5.82 Å². The van der Waals surface area contributed by atoms with Crippen molar-refractivity contribution in [1.82, 2.24) is 5.43 Å². The van der Waals surface area contributed by atoms with Gasteiger partial charge >= 0.3 is 0 Å². The normalized spacial score (nSPS) is 15.0. The lowest BCUT2D eigenvalue weighted by molar-refractivity contribution is -0.119. The van der Waals surface area contributed by atoms with Crippen molar-refractivity contribution in [3.05, 3.63) is 64.5 Å². The Labute approximate surface area is 177 Å². The van der Waals surface area contributed by atoms with Crippen molar-refractivity contribution in [2.45, 2.75) is 40.2 Å². The van der Waals surface area contributed by atoms with Gasteiger partial charge in [0.25, 0.3) is 5.91 Å². The Bertz CT molecular complexity index is 1040. The van der Waals surface area contributed by atoms with E-state index in [1.807, 2.05) is 46.0 Å². The van der Waals surface area contributed by atoms with E-state index in [4.69, 9.17) is 0 Å². The van der Waals surface area contributed by atoms with Crippen molar-refractivity contribution in [2.75, 3.05) is 23.8 Å². The highest BCUT2D eigenvalue weighted by Crippen LogP contribution is 2.38. The Balaban J connectivity index is 1.66. The van der Waals surface area contributed by atoms with E-state index in [0.717, 1.165) is 28.1 Å². The van der Waals surface area contributed by atoms with Crippen molar-refractivity contribution in [1.29, 1.82) is 0 Å². The van der Waals surface area contributed by atoms with Crippen molar-refractivity contribution in [3.8, 4) is 0 Å². The van der Waals surface area contributed by atoms with Crippen LogP contribution in [0.3, 0.4) is 0 Å². The predicted octanol–water partition coefficient (Wildman–Crippen LogP) is 4.64. The summed E-state index contributed by atoms with van der Waals surface area (Å²) in [5, 5.41) is 6.99. The van der Waals surface area contributed by atoms with Crippen molar-refractivity contribution in [2.24, 2.45) is 5.10 Å². The molecule has 5 nitrogen and oxygen atoms in total. The van der Waals surface area contributed by atoms with E-state index >= 15 is 0 Å². The molecule has 6 heteroatoms. The monoisotopic (exact) mass is 408 g/mol. The van der Waals surface area contributed by atoms with Crippen LogP contribution in [0.1, 0.15) is 43.0 Å². The zero-order valence-corrected chi connectivity index (χ0v) is 18.4. The molecule has 0 aromatic heterocycles. The summed E-state index contributed by atoms with van der Waals surface area (Å²) < 4.78 is 14.6. The Morgan fingerprint density at radius 1 is 1.17 bits per heavy atom. The number of anilines is 2. The highest BCUT2D eigenvalue weighted by Gasteiger charge is 2.29. The molecule has 0 spiro atoms. The molecular weight excluding hydrogens is 379 g/mol. The molecule has 3 rings (SSSR count). The molecule has 0 fully saturated rings. The number of likely N-dealkylation sites (N-methyl/N-ethyl adjacent to an activating group) is 1. The molecular formula is C24H29FN4O. The first-order valence-corrected chi connectivity index (χ1v) is 9.99. The van der Waals surface area contributed by atoms with Gasteiger partial charge in [-0.1, -0.05) is 12.1 Å². The number of hydrogen-bond donors (Lipinski definition) is 2. The highest BCUT2D eigenvalue weighted by atomic mass is 19.1. The number of halogens is 1. The third-order valence-corrected chi connectivity index (χ3v) is 5.69. The number of rotatable bonds is 5. The fraction of sp³-hybridized carbons (Fsp3) is 0.333. The molecule has 0 atom stereocenters. The van der Waals surface area contributed by atoms with Gasteiger partial charge in [0, 0.05) is 29.5 Å². The molecule has 0 aliphatic carbocycles. The minimum atomic E-state index is -0.377. The number of hydrogen-bond acceptors (Lipinski definition) is 4. The zero-order chi connectivity index (χ0) is 22.1. The maximum Gasteiger partial charge on any atom is 0.259 e. The van der Waals surface area contributed by atoms with Gasteiger partial charge in [-0.2, -0.15) is 5.10 Å². The summed E-state index contributed by atoms with van der Waals surface area (Å²) in [6.07, 6.45) is 3.50. The van der Waals surface area contributed by atoms with Gasteiger partial charge in [0.15, 0.2) is 0 Å². The molecule has 1 aliphatic rings. The van der Waals surface area contributed by atoms with Crippen molar-refractivity contribution in [3.63, 3.8) is 0 Å². The van der Waals surface area contributed by atoms with Gasteiger partial charge in [0.05, 0.1) is 18.3 Å². The topological polar surface area (TPSA) is 56.7 Å². The van der Waals surface area contributed by atoms with Gasteiger partial charge in [-0.3, -0.25) is 4.79 Å². The number of carbonyl (C=O) groups is 1. The fourth-order valence-electron chi connectivity index (χ4n) is 3.53.